The molecule has 0 unspecified atom stereocenters. The lowest BCUT2D eigenvalue weighted by Gasteiger charge is -2.00. The van der Waals surface area contributed by atoms with E-state index < -0.39 is 0 Å². The van der Waals surface area contributed by atoms with Crippen molar-refractivity contribution in [3.63, 3.8) is 0 Å². The summed E-state index contributed by atoms with van der Waals surface area (Å²) in [5, 5.41) is 4.94. The third-order valence-electron chi connectivity index (χ3n) is 2.03. The fourth-order valence-corrected chi connectivity index (χ4v) is 1.91. The van der Waals surface area contributed by atoms with Gasteiger partial charge in [0.05, 0.1) is 16.7 Å². The van der Waals surface area contributed by atoms with Crippen LogP contribution in [-0.2, 0) is 6.42 Å². The van der Waals surface area contributed by atoms with Crippen LogP contribution in [0.1, 0.15) is 12.5 Å². The first kappa shape index (κ1) is 9.03. The van der Waals surface area contributed by atoms with Crippen molar-refractivity contribution in [3.8, 4) is 0 Å². The highest BCUT2D eigenvalue weighted by Gasteiger charge is 2.08. The predicted octanol–water partition coefficient (Wildman–Crippen LogP) is 3.31. The van der Waals surface area contributed by atoms with Crippen LogP contribution in [0, 0.1) is 0 Å². The molecule has 2 aromatic heterocycles. The maximum atomic E-state index is 6.14. The maximum Gasteiger partial charge on any atom is 0.0891 e. The Labute approximate surface area is 89.6 Å². The monoisotopic (exact) mass is 258 g/mol. The van der Waals surface area contributed by atoms with Gasteiger partial charge in [0.25, 0.3) is 0 Å². The van der Waals surface area contributed by atoms with Gasteiger partial charge in [-0.05, 0) is 34.0 Å². The van der Waals surface area contributed by atoms with E-state index >= 15 is 0 Å². The first-order valence-corrected chi connectivity index (χ1v) is 5.21. The third-order valence-corrected chi connectivity index (χ3v) is 3.30. The molecule has 0 aromatic carbocycles. The molecule has 0 aliphatic carbocycles. The van der Waals surface area contributed by atoms with E-state index in [2.05, 4.69) is 28.0 Å². The number of hydrogen-bond acceptors (Lipinski definition) is 1. The molecule has 2 nitrogen and oxygen atoms in total. The number of rotatable bonds is 1. The molecule has 0 aliphatic rings. The summed E-state index contributed by atoms with van der Waals surface area (Å²) in [4.78, 5) is 0. The number of fused-ring (bicyclic) bond motifs is 1. The Bertz CT molecular complexity index is 450. The van der Waals surface area contributed by atoms with Gasteiger partial charge in [-0.3, -0.25) is 0 Å². The quantitative estimate of drug-likeness (QED) is 0.768. The van der Waals surface area contributed by atoms with E-state index in [1.54, 1.807) is 4.52 Å². The lowest BCUT2D eigenvalue weighted by molar-refractivity contribution is 0.959. The van der Waals surface area contributed by atoms with E-state index in [1.807, 2.05) is 18.5 Å². The van der Waals surface area contributed by atoms with Crippen molar-refractivity contribution in [2.75, 3.05) is 0 Å². The van der Waals surface area contributed by atoms with Crippen LogP contribution < -0.4 is 0 Å². The Morgan fingerprint density at radius 2 is 2.38 bits per heavy atom. The molecule has 0 radical (unpaired) electrons. The maximum absolute atomic E-state index is 6.14. The standard InChI is InChI=1S/C9H8BrClN2/c1-2-6-5-12-13-4-3-7(10)8(11)9(6)13/h3-5H,2H2,1H3. The van der Waals surface area contributed by atoms with Crippen LogP contribution >= 0.6 is 27.5 Å². The fraction of sp³-hybridized carbons (Fsp3) is 0.222. The summed E-state index contributed by atoms with van der Waals surface area (Å²) in [6.45, 7) is 2.09. The second kappa shape index (κ2) is 3.31. The van der Waals surface area contributed by atoms with Gasteiger partial charge in [0.2, 0.25) is 0 Å². The Morgan fingerprint density at radius 3 is 3.08 bits per heavy atom. The van der Waals surface area contributed by atoms with Crippen molar-refractivity contribution in [2.45, 2.75) is 13.3 Å². The highest BCUT2D eigenvalue weighted by atomic mass is 79.9. The summed E-state index contributed by atoms with van der Waals surface area (Å²) in [7, 11) is 0. The van der Waals surface area contributed by atoms with Gasteiger partial charge in [-0.25, -0.2) is 4.52 Å². The molecule has 0 bridgehead atoms. The number of nitrogens with zero attached hydrogens (tertiary/aromatic N) is 2. The van der Waals surface area contributed by atoms with E-state index in [1.165, 1.54) is 5.56 Å². The third kappa shape index (κ3) is 1.36. The minimum atomic E-state index is 0.733. The van der Waals surface area contributed by atoms with E-state index in [0.717, 1.165) is 21.4 Å². The first-order valence-electron chi connectivity index (χ1n) is 4.04. The van der Waals surface area contributed by atoms with Gasteiger partial charge in [0.1, 0.15) is 0 Å². The molecule has 0 fully saturated rings. The van der Waals surface area contributed by atoms with Crippen LogP contribution in [0.2, 0.25) is 5.02 Å². The van der Waals surface area contributed by atoms with Crippen LogP contribution in [0.3, 0.4) is 0 Å². The first-order chi connectivity index (χ1) is 6.24. The van der Waals surface area contributed by atoms with Crippen LogP contribution in [-0.4, -0.2) is 9.61 Å². The van der Waals surface area contributed by atoms with Gasteiger partial charge in [-0.1, -0.05) is 18.5 Å². The smallest absolute Gasteiger partial charge is 0.0891 e. The Kier molecular flexibility index (Phi) is 2.30. The van der Waals surface area contributed by atoms with Crippen LogP contribution in [0.5, 0.6) is 0 Å². The summed E-state index contributed by atoms with van der Waals surface area (Å²) in [6.07, 6.45) is 4.69. The van der Waals surface area contributed by atoms with Crippen LogP contribution in [0.4, 0.5) is 0 Å². The number of halogens is 2. The molecular weight excluding hydrogens is 251 g/mol. The van der Waals surface area contributed by atoms with E-state index in [-0.39, 0.29) is 0 Å². The molecule has 13 heavy (non-hydrogen) atoms. The predicted molar refractivity (Wildman–Crippen MR) is 57.3 cm³/mol. The number of aryl methyl sites for hydroxylation is 1. The van der Waals surface area contributed by atoms with E-state index in [4.69, 9.17) is 11.6 Å². The summed E-state index contributed by atoms with van der Waals surface area (Å²) < 4.78 is 2.71. The van der Waals surface area contributed by atoms with Gasteiger partial charge < -0.3 is 0 Å². The van der Waals surface area contributed by atoms with Crippen molar-refractivity contribution < 1.29 is 0 Å². The van der Waals surface area contributed by atoms with Gasteiger partial charge in [-0.2, -0.15) is 5.10 Å². The fourth-order valence-electron chi connectivity index (χ4n) is 1.33. The van der Waals surface area contributed by atoms with Crippen molar-refractivity contribution >= 4 is 33.0 Å². The second-order valence-corrected chi connectivity index (χ2v) is 4.03. The van der Waals surface area contributed by atoms with Crippen molar-refractivity contribution in [3.05, 3.63) is 33.5 Å². The molecule has 0 saturated carbocycles. The van der Waals surface area contributed by atoms with Crippen LogP contribution in [0.25, 0.3) is 5.52 Å². The zero-order valence-corrected chi connectivity index (χ0v) is 9.43. The Morgan fingerprint density at radius 1 is 1.62 bits per heavy atom. The second-order valence-electron chi connectivity index (χ2n) is 2.79. The minimum Gasteiger partial charge on any atom is -0.239 e. The van der Waals surface area contributed by atoms with Crippen molar-refractivity contribution in [1.82, 2.24) is 9.61 Å². The molecule has 0 spiro atoms. The SMILES string of the molecule is CCc1cnn2ccc(Br)c(Cl)c12. The highest BCUT2D eigenvalue weighted by molar-refractivity contribution is 9.10. The molecule has 0 saturated heterocycles. The molecule has 4 heteroatoms. The normalized spacial score (nSPS) is 11.0. The largest absolute Gasteiger partial charge is 0.239 e. The van der Waals surface area contributed by atoms with Gasteiger partial charge in [0, 0.05) is 10.7 Å². The minimum absolute atomic E-state index is 0.733. The molecule has 0 atom stereocenters. The number of pyridine rings is 1. The molecule has 2 heterocycles. The van der Waals surface area contributed by atoms with Gasteiger partial charge in [-0.15, -0.1) is 0 Å². The summed E-state index contributed by atoms with van der Waals surface area (Å²) >= 11 is 9.53. The van der Waals surface area contributed by atoms with Crippen molar-refractivity contribution in [2.24, 2.45) is 0 Å². The molecular formula is C9H8BrClN2. The molecule has 0 aliphatic heterocycles. The molecule has 2 rings (SSSR count). The lowest BCUT2D eigenvalue weighted by atomic mass is 10.2. The molecule has 2 aromatic rings. The Balaban J connectivity index is 2.85. The summed E-state index contributed by atoms with van der Waals surface area (Å²) in [6, 6.07) is 1.89. The van der Waals surface area contributed by atoms with Crippen molar-refractivity contribution in [1.29, 1.82) is 0 Å². The lowest BCUT2D eigenvalue weighted by Crippen LogP contribution is -1.88. The summed E-state index contributed by atoms with van der Waals surface area (Å²) in [5.41, 5.74) is 2.17. The zero-order valence-electron chi connectivity index (χ0n) is 7.09. The average Bonchev–Trinajstić information content (AvgIpc) is 2.55. The van der Waals surface area contributed by atoms with Gasteiger partial charge in [0.15, 0.2) is 0 Å². The topological polar surface area (TPSA) is 17.3 Å². The van der Waals surface area contributed by atoms with Crippen LogP contribution in [0.15, 0.2) is 22.9 Å². The summed E-state index contributed by atoms with van der Waals surface area (Å²) in [5.74, 6) is 0. The Hall–Kier alpha value is -0.540. The number of hydrogen-bond donors (Lipinski definition) is 0. The van der Waals surface area contributed by atoms with E-state index in [0.29, 0.717) is 0 Å². The van der Waals surface area contributed by atoms with E-state index in [9.17, 15) is 0 Å². The molecule has 0 amide bonds. The molecule has 68 valence electrons. The number of aromatic nitrogens is 2. The highest BCUT2D eigenvalue weighted by Crippen LogP contribution is 2.28. The van der Waals surface area contributed by atoms with Gasteiger partial charge >= 0.3 is 0 Å². The molecule has 0 N–H and O–H groups in total. The zero-order chi connectivity index (χ0) is 9.42. The average molecular weight is 260 g/mol.